The van der Waals surface area contributed by atoms with Crippen molar-refractivity contribution in [1.29, 1.82) is 0 Å². The van der Waals surface area contributed by atoms with E-state index >= 15 is 0 Å². The third kappa shape index (κ3) is 3.95. The molecule has 3 aromatic rings. The molecule has 0 radical (unpaired) electrons. The third-order valence-electron chi connectivity index (χ3n) is 5.43. The van der Waals surface area contributed by atoms with Gasteiger partial charge >= 0.3 is 0 Å². The van der Waals surface area contributed by atoms with Gasteiger partial charge < -0.3 is 5.32 Å². The van der Waals surface area contributed by atoms with Gasteiger partial charge in [0, 0.05) is 35.8 Å². The first-order valence-electron chi connectivity index (χ1n) is 10.2. The van der Waals surface area contributed by atoms with Gasteiger partial charge in [0.05, 0.1) is 16.0 Å². The molecule has 6 nitrogen and oxygen atoms in total. The zero-order valence-corrected chi connectivity index (χ0v) is 17.9. The lowest BCUT2D eigenvalue weighted by Gasteiger charge is -2.18. The van der Waals surface area contributed by atoms with Crippen LogP contribution in [0.2, 0.25) is 0 Å². The van der Waals surface area contributed by atoms with E-state index in [9.17, 15) is 13.2 Å². The largest absolute Gasteiger partial charge is 0.322 e. The van der Waals surface area contributed by atoms with E-state index < -0.39 is 10.0 Å². The third-order valence-corrected chi connectivity index (χ3v) is 7.50. The highest BCUT2D eigenvalue weighted by Crippen LogP contribution is 2.40. The SMILES string of the molecule is CCN(CC)S(=O)(=O)c1ccc(NC(=O)c2cc(C3CC3)nc3ccccc23)cc1. The Kier molecular flexibility index (Phi) is 5.58. The van der Waals surface area contributed by atoms with Crippen molar-refractivity contribution in [2.24, 2.45) is 0 Å². The molecule has 7 heteroatoms. The summed E-state index contributed by atoms with van der Waals surface area (Å²) in [4.78, 5) is 18.0. The molecule has 1 aliphatic rings. The van der Waals surface area contributed by atoms with Crippen molar-refractivity contribution in [1.82, 2.24) is 9.29 Å². The molecule has 156 valence electrons. The number of para-hydroxylation sites is 1. The molecule has 1 amide bonds. The highest BCUT2D eigenvalue weighted by Gasteiger charge is 2.27. The molecular weight excluding hydrogens is 398 g/mol. The zero-order valence-electron chi connectivity index (χ0n) is 17.1. The van der Waals surface area contributed by atoms with Crippen molar-refractivity contribution in [3.8, 4) is 0 Å². The average Bonchev–Trinajstić information content (AvgIpc) is 3.59. The van der Waals surface area contributed by atoms with E-state index in [1.54, 1.807) is 12.1 Å². The van der Waals surface area contributed by atoms with Crippen LogP contribution in [0.1, 0.15) is 48.7 Å². The van der Waals surface area contributed by atoms with E-state index in [4.69, 9.17) is 4.98 Å². The maximum atomic E-state index is 13.0. The Morgan fingerprint density at radius 2 is 1.73 bits per heavy atom. The number of carbonyl (C=O) groups excluding carboxylic acids is 1. The Hall–Kier alpha value is -2.77. The monoisotopic (exact) mass is 423 g/mol. The van der Waals surface area contributed by atoms with Crippen LogP contribution in [-0.2, 0) is 10.0 Å². The number of aromatic nitrogens is 1. The van der Waals surface area contributed by atoms with Crippen LogP contribution in [0, 0.1) is 0 Å². The van der Waals surface area contributed by atoms with Crippen LogP contribution in [0.5, 0.6) is 0 Å². The van der Waals surface area contributed by atoms with Gasteiger partial charge in [0.1, 0.15) is 0 Å². The van der Waals surface area contributed by atoms with Gasteiger partial charge in [0.2, 0.25) is 10.0 Å². The summed E-state index contributed by atoms with van der Waals surface area (Å²) < 4.78 is 26.7. The minimum atomic E-state index is -3.52. The van der Waals surface area contributed by atoms with E-state index in [2.05, 4.69) is 5.32 Å². The van der Waals surface area contributed by atoms with E-state index in [0.29, 0.717) is 30.3 Å². The minimum Gasteiger partial charge on any atom is -0.322 e. The van der Waals surface area contributed by atoms with Crippen molar-refractivity contribution in [2.75, 3.05) is 18.4 Å². The summed E-state index contributed by atoms with van der Waals surface area (Å²) in [5.74, 6) is 0.209. The second-order valence-electron chi connectivity index (χ2n) is 7.45. The molecule has 0 bridgehead atoms. The number of anilines is 1. The summed E-state index contributed by atoms with van der Waals surface area (Å²) >= 11 is 0. The fourth-order valence-electron chi connectivity index (χ4n) is 3.59. The fraction of sp³-hybridized carbons (Fsp3) is 0.304. The Morgan fingerprint density at radius 3 is 2.37 bits per heavy atom. The predicted molar refractivity (Wildman–Crippen MR) is 118 cm³/mol. The first kappa shape index (κ1) is 20.5. The van der Waals surface area contributed by atoms with Crippen molar-refractivity contribution < 1.29 is 13.2 Å². The first-order valence-corrected chi connectivity index (χ1v) is 11.7. The van der Waals surface area contributed by atoms with Gasteiger partial charge in [-0.1, -0.05) is 32.0 Å². The predicted octanol–water partition coefficient (Wildman–Crippen LogP) is 4.40. The lowest BCUT2D eigenvalue weighted by molar-refractivity contribution is 0.102. The minimum absolute atomic E-state index is 0.217. The quantitative estimate of drug-likeness (QED) is 0.611. The van der Waals surface area contributed by atoms with E-state index in [1.165, 1.54) is 16.4 Å². The molecule has 1 heterocycles. The number of hydrogen-bond donors (Lipinski definition) is 1. The molecule has 1 N–H and O–H groups in total. The van der Waals surface area contributed by atoms with Crippen LogP contribution in [0.3, 0.4) is 0 Å². The molecule has 1 aromatic heterocycles. The van der Waals surface area contributed by atoms with Crippen molar-refractivity contribution in [3.63, 3.8) is 0 Å². The number of carbonyl (C=O) groups is 1. The maximum absolute atomic E-state index is 13.0. The molecule has 0 unspecified atom stereocenters. The van der Waals surface area contributed by atoms with E-state index in [0.717, 1.165) is 29.4 Å². The molecule has 0 saturated heterocycles. The van der Waals surface area contributed by atoms with E-state index in [1.807, 2.05) is 44.2 Å². The number of nitrogens with zero attached hydrogens (tertiary/aromatic N) is 2. The molecule has 0 atom stereocenters. The van der Waals surface area contributed by atoms with Crippen molar-refractivity contribution in [2.45, 2.75) is 37.5 Å². The highest BCUT2D eigenvalue weighted by atomic mass is 32.2. The molecule has 2 aromatic carbocycles. The van der Waals surface area contributed by atoms with E-state index in [-0.39, 0.29) is 10.8 Å². The van der Waals surface area contributed by atoms with Crippen LogP contribution in [-0.4, -0.2) is 36.7 Å². The molecule has 0 spiro atoms. The number of pyridine rings is 1. The van der Waals surface area contributed by atoms with Crippen LogP contribution in [0.4, 0.5) is 5.69 Å². The van der Waals surface area contributed by atoms with Crippen LogP contribution >= 0.6 is 0 Å². The standard InChI is InChI=1S/C23H25N3O3S/c1-3-26(4-2)30(28,29)18-13-11-17(12-14-18)24-23(27)20-15-22(16-9-10-16)25-21-8-6-5-7-19(20)21/h5-8,11-16H,3-4,9-10H2,1-2H3,(H,24,27). The normalized spacial score (nSPS) is 14.2. The Morgan fingerprint density at radius 1 is 1.07 bits per heavy atom. The molecule has 30 heavy (non-hydrogen) atoms. The van der Waals surface area contributed by atoms with Gasteiger partial charge in [-0.05, 0) is 49.2 Å². The summed E-state index contributed by atoms with van der Waals surface area (Å²) in [5.41, 5.74) is 2.90. The van der Waals surface area contributed by atoms with Crippen LogP contribution in [0.25, 0.3) is 10.9 Å². The zero-order chi connectivity index (χ0) is 21.3. The first-order chi connectivity index (χ1) is 14.4. The summed E-state index contributed by atoms with van der Waals surface area (Å²) in [6, 6.07) is 15.8. The van der Waals surface area contributed by atoms with Gasteiger partial charge in [0.15, 0.2) is 0 Å². The number of rotatable bonds is 7. The molecule has 1 aliphatic carbocycles. The highest BCUT2D eigenvalue weighted by molar-refractivity contribution is 7.89. The fourth-order valence-corrected chi connectivity index (χ4v) is 5.05. The number of amides is 1. The van der Waals surface area contributed by atoms with Gasteiger partial charge in [-0.3, -0.25) is 9.78 Å². The molecule has 1 fully saturated rings. The smallest absolute Gasteiger partial charge is 0.256 e. The number of benzene rings is 2. The number of hydrogen-bond acceptors (Lipinski definition) is 4. The number of sulfonamides is 1. The van der Waals surface area contributed by atoms with Gasteiger partial charge in [-0.15, -0.1) is 0 Å². The number of fused-ring (bicyclic) bond motifs is 1. The number of nitrogens with one attached hydrogen (secondary N) is 1. The summed E-state index contributed by atoms with van der Waals surface area (Å²) in [6.45, 7) is 4.45. The van der Waals surface area contributed by atoms with Crippen LogP contribution < -0.4 is 5.32 Å². The Bertz CT molecular complexity index is 1180. The molecule has 1 saturated carbocycles. The Balaban J connectivity index is 1.60. The second kappa shape index (κ2) is 8.16. The molecule has 4 rings (SSSR count). The Labute approximate surface area is 177 Å². The summed E-state index contributed by atoms with van der Waals surface area (Å²) in [6.07, 6.45) is 2.21. The van der Waals surface area contributed by atoms with Gasteiger partial charge in [0.25, 0.3) is 5.91 Å². The van der Waals surface area contributed by atoms with Crippen molar-refractivity contribution in [3.05, 3.63) is 65.9 Å². The van der Waals surface area contributed by atoms with Crippen LogP contribution in [0.15, 0.2) is 59.5 Å². The molecular formula is C23H25N3O3S. The lowest BCUT2D eigenvalue weighted by Crippen LogP contribution is -2.30. The second-order valence-corrected chi connectivity index (χ2v) is 9.39. The van der Waals surface area contributed by atoms with Gasteiger partial charge in [-0.2, -0.15) is 4.31 Å². The lowest BCUT2D eigenvalue weighted by atomic mass is 10.1. The average molecular weight is 424 g/mol. The molecule has 0 aliphatic heterocycles. The topological polar surface area (TPSA) is 79.4 Å². The van der Waals surface area contributed by atoms with Gasteiger partial charge in [-0.25, -0.2) is 8.42 Å². The maximum Gasteiger partial charge on any atom is 0.256 e. The summed E-state index contributed by atoms with van der Waals surface area (Å²) in [7, 11) is -3.52. The summed E-state index contributed by atoms with van der Waals surface area (Å²) in [5, 5.41) is 3.70. The van der Waals surface area contributed by atoms with Crippen molar-refractivity contribution >= 4 is 32.5 Å².